The molecule has 3 nitrogen and oxygen atoms in total. The maximum Gasteiger partial charge on any atom is 0.0811 e. The zero-order valence-corrected chi connectivity index (χ0v) is 10.9. The number of hydrogen-bond donors (Lipinski definition) is 1. The Morgan fingerprint density at radius 3 is 2.89 bits per heavy atom. The lowest BCUT2D eigenvalue weighted by atomic mass is 10.2. The van der Waals surface area contributed by atoms with Crippen LogP contribution in [0.3, 0.4) is 0 Å². The Balaban J connectivity index is 2.34. The molecule has 90 valence electrons. The second kappa shape index (κ2) is 4.48. The largest absolute Gasteiger partial charge is 0.326 e. The maximum absolute atomic E-state index is 5.67. The number of hydrogen-bond acceptors (Lipinski definition) is 4. The van der Waals surface area contributed by atoms with Crippen LogP contribution in [0.5, 0.6) is 0 Å². The molecule has 0 fully saturated rings. The number of aromatic nitrogens is 1. The van der Waals surface area contributed by atoms with Gasteiger partial charge in [-0.25, -0.2) is 4.98 Å². The summed E-state index contributed by atoms with van der Waals surface area (Å²) in [4.78, 5) is 10.0. The van der Waals surface area contributed by atoms with Crippen LogP contribution in [0.1, 0.15) is 5.56 Å². The molecule has 1 aromatic rings. The van der Waals surface area contributed by atoms with Gasteiger partial charge < -0.3 is 5.73 Å². The van der Waals surface area contributed by atoms with E-state index in [4.69, 9.17) is 5.73 Å². The van der Waals surface area contributed by atoms with Crippen LogP contribution in [-0.2, 0) is 6.54 Å². The molecule has 3 rings (SSSR count). The fourth-order valence-electron chi connectivity index (χ4n) is 1.92. The highest BCUT2D eigenvalue weighted by Crippen LogP contribution is 2.29. The zero-order valence-electron chi connectivity index (χ0n) is 10.1. The molecule has 0 aromatic heterocycles. The van der Waals surface area contributed by atoms with Gasteiger partial charge in [-0.3, -0.25) is 4.99 Å². The highest BCUT2D eigenvalue weighted by Gasteiger charge is 2.06. The average molecular weight is 255 g/mol. The molecule has 0 amide bonds. The van der Waals surface area contributed by atoms with Gasteiger partial charge in [-0.2, -0.15) is 0 Å². The molecule has 0 atom stereocenters. The molecule has 2 aliphatic rings. The fourth-order valence-corrected chi connectivity index (χ4v) is 2.99. The highest BCUT2D eigenvalue weighted by molar-refractivity contribution is 7.21. The quantitative estimate of drug-likeness (QED) is 0.679. The van der Waals surface area contributed by atoms with Crippen LogP contribution >= 0.6 is 11.3 Å². The molecule has 0 unspecified atom stereocenters. The number of nitrogens with zero attached hydrogens (tertiary/aromatic N) is 2. The summed E-state index contributed by atoms with van der Waals surface area (Å²) in [7, 11) is 1.80. The number of fused-ring (bicyclic) bond motifs is 2. The van der Waals surface area contributed by atoms with E-state index < -0.39 is 0 Å². The number of nitrogens with two attached hydrogens (primary N) is 1. The summed E-state index contributed by atoms with van der Waals surface area (Å²) >= 11 is 1.73. The van der Waals surface area contributed by atoms with Gasteiger partial charge in [0, 0.05) is 13.6 Å². The summed E-state index contributed by atoms with van der Waals surface area (Å²) in [6, 6.07) is 12.3. The highest BCUT2D eigenvalue weighted by atomic mass is 32.1. The molecule has 0 saturated carbocycles. The van der Waals surface area contributed by atoms with E-state index in [1.165, 1.54) is 4.70 Å². The van der Waals surface area contributed by atoms with Crippen molar-refractivity contribution in [2.45, 2.75) is 6.54 Å². The molecule has 1 aromatic carbocycles. The Bertz CT molecular complexity index is 746. The number of benzene rings is 2. The van der Waals surface area contributed by atoms with Crippen molar-refractivity contribution < 1.29 is 0 Å². The van der Waals surface area contributed by atoms with E-state index in [2.05, 4.69) is 22.1 Å². The Morgan fingerprint density at radius 2 is 2.11 bits per heavy atom. The normalized spacial score (nSPS) is 12.4. The Morgan fingerprint density at radius 1 is 1.22 bits per heavy atom. The lowest BCUT2D eigenvalue weighted by Gasteiger charge is -2.06. The smallest absolute Gasteiger partial charge is 0.0811 e. The lowest BCUT2D eigenvalue weighted by molar-refractivity contribution is 1.08. The van der Waals surface area contributed by atoms with Gasteiger partial charge in [-0.05, 0) is 35.9 Å². The van der Waals surface area contributed by atoms with Gasteiger partial charge in [0.1, 0.15) is 0 Å². The molecular formula is C14H13N3S. The van der Waals surface area contributed by atoms with Crippen LogP contribution in [0.25, 0.3) is 20.8 Å². The monoisotopic (exact) mass is 255 g/mol. The summed E-state index contributed by atoms with van der Waals surface area (Å²) in [5.74, 6) is 0. The predicted molar refractivity (Wildman–Crippen MR) is 75.6 cm³/mol. The van der Waals surface area contributed by atoms with E-state index >= 15 is 0 Å². The van der Waals surface area contributed by atoms with Crippen molar-refractivity contribution in [3.63, 3.8) is 0 Å². The van der Waals surface area contributed by atoms with E-state index in [1.54, 1.807) is 18.4 Å². The standard InChI is InChI=1S/C14H13N3S/c1-16-10-3-5-12-14(7-10)18-13-6-9(8-15)2-4-11(13)17-12/h2-7H,8,15H2,1H3. The van der Waals surface area contributed by atoms with Gasteiger partial charge >= 0.3 is 0 Å². The van der Waals surface area contributed by atoms with Crippen LogP contribution in [0, 0.1) is 0 Å². The van der Waals surface area contributed by atoms with Gasteiger partial charge in [-0.1, -0.05) is 6.07 Å². The fraction of sp³-hybridized carbons (Fsp3) is 0.143. The van der Waals surface area contributed by atoms with Crippen molar-refractivity contribution in [3.05, 3.63) is 47.3 Å². The molecule has 18 heavy (non-hydrogen) atoms. The summed E-state index contributed by atoms with van der Waals surface area (Å²) in [6.45, 7) is 0.561. The first kappa shape index (κ1) is 11.3. The first-order valence-corrected chi connectivity index (χ1v) is 6.58. The van der Waals surface area contributed by atoms with Crippen LogP contribution in [0.2, 0.25) is 0 Å². The predicted octanol–water partition coefficient (Wildman–Crippen LogP) is 2.39. The minimum Gasteiger partial charge on any atom is -0.326 e. The van der Waals surface area contributed by atoms with Crippen molar-refractivity contribution in [1.29, 1.82) is 0 Å². The second-order valence-electron chi connectivity index (χ2n) is 4.10. The zero-order chi connectivity index (χ0) is 12.5. The molecule has 1 aliphatic heterocycles. The molecule has 0 bridgehead atoms. The van der Waals surface area contributed by atoms with Crippen LogP contribution in [-0.4, -0.2) is 12.0 Å². The van der Waals surface area contributed by atoms with E-state index in [9.17, 15) is 0 Å². The molecule has 1 heterocycles. The van der Waals surface area contributed by atoms with Crippen LogP contribution in [0.15, 0.2) is 41.4 Å². The van der Waals surface area contributed by atoms with Gasteiger partial charge in [0.25, 0.3) is 0 Å². The van der Waals surface area contributed by atoms with E-state index in [1.807, 2.05) is 24.3 Å². The topological polar surface area (TPSA) is 51.3 Å². The van der Waals surface area contributed by atoms with Crippen molar-refractivity contribution in [2.75, 3.05) is 7.05 Å². The van der Waals surface area contributed by atoms with Gasteiger partial charge in [-0.15, -0.1) is 11.3 Å². The van der Waals surface area contributed by atoms with Gasteiger partial charge in [0.15, 0.2) is 0 Å². The minimum absolute atomic E-state index is 0.561. The number of rotatable bonds is 1. The van der Waals surface area contributed by atoms with E-state index in [0.717, 1.165) is 27.0 Å². The molecule has 0 spiro atoms. The second-order valence-corrected chi connectivity index (χ2v) is 5.18. The van der Waals surface area contributed by atoms with E-state index in [-0.39, 0.29) is 0 Å². The lowest BCUT2D eigenvalue weighted by Crippen LogP contribution is -2.01. The molecule has 0 radical (unpaired) electrons. The van der Waals surface area contributed by atoms with Crippen molar-refractivity contribution >= 4 is 21.6 Å². The first-order chi connectivity index (χ1) is 8.80. The molecular weight excluding hydrogens is 242 g/mol. The van der Waals surface area contributed by atoms with Gasteiger partial charge in [0.05, 0.1) is 26.1 Å². The molecule has 4 heteroatoms. The molecule has 0 saturated heterocycles. The maximum atomic E-state index is 5.67. The average Bonchev–Trinajstić information content (AvgIpc) is 2.43. The Hall–Kier alpha value is -1.78. The van der Waals surface area contributed by atoms with Crippen LogP contribution < -0.4 is 11.1 Å². The molecule has 1 aliphatic carbocycles. The summed E-state index contributed by atoms with van der Waals surface area (Å²) in [5, 5.41) is 0.981. The minimum atomic E-state index is 0.561. The van der Waals surface area contributed by atoms with Gasteiger partial charge in [0.2, 0.25) is 0 Å². The SMILES string of the molecule is CN=c1ccc2nc3ccc(CN)cc3sc-2c1. The summed E-state index contributed by atoms with van der Waals surface area (Å²) < 4.78 is 1.17. The third-order valence-electron chi connectivity index (χ3n) is 2.92. The molecule has 2 N–H and O–H groups in total. The van der Waals surface area contributed by atoms with Crippen molar-refractivity contribution in [3.8, 4) is 10.6 Å². The van der Waals surface area contributed by atoms with E-state index in [0.29, 0.717) is 6.54 Å². The summed E-state index contributed by atoms with van der Waals surface area (Å²) in [6.07, 6.45) is 0. The summed E-state index contributed by atoms with van der Waals surface area (Å²) in [5.41, 5.74) is 8.84. The van der Waals surface area contributed by atoms with Crippen LogP contribution in [0.4, 0.5) is 0 Å². The third kappa shape index (κ3) is 1.89. The van der Waals surface area contributed by atoms with Crippen molar-refractivity contribution in [2.24, 2.45) is 10.7 Å². The Labute approximate surface area is 109 Å². The first-order valence-electron chi connectivity index (χ1n) is 5.76. The Kier molecular flexibility index (Phi) is 2.81. The third-order valence-corrected chi connectivity index (χ3v) is 4.02. The van der Waals surface area contributed by atoms with Crippen molar-refractivity contribution in [1.82, 2.24) is 4.98 Å².